The Kier molecular flexibility index (Phi) is 4.67. The molecule has 0 aliphatic carbocycles. The summed E-state index contributed by atoms with van der Waals surface area (Å²) in [7, 11) is 0. The molecular formula is C17H28O2. The smallest absolute Gasteiger partial charge is 0.125 e. The molecule has 19 heavy (non-hydrogen) atoms. The van der Waals surface area contributed by atoms with E-state index < -0.39 is 5.60 Å². The van der Waals surface area contributed by atoms with E-state index in [-0.39, 0.29) is 17.4 Å². The van der Waals surface area contributed by atoms with Crippen LogP contribution >= 0.6 is 0 Å². The Balaban J connectivity index is 3.40. The normalized spacial score (nSPS) is 15.7. The van der Waals surface area contributed by atoms with Crippen molar-refractivity contribution in [2.75, 3.05) is 0 Å². The van der Waals surface area contributed by atoms with Crippen LogP contribution < -0.4 is 4.74 Å². The second-order valence-electron chi connectivity index (χ2n) is 6.83. The fraction of sp³-hybridized carbons (Fsp3) is 0.647. The summed E-state index contributed by atoms with van der Waals surface area (Å²) in [6.45, 7) is 14.3. The van der Waals surface area contributed by atoms with Gasteiger partial charge < -0.3 is 9.84 Å². The van der Waals surface area contributed by atoms with Gasteiger partial charge in [-0.3, -0.25) is 0 Å². The number of hydrogen-bond donors (Lipinski definition) is 1. The molecule has 0 heterocycles. The molecule has 0 unspecified atom stereocenters. The van der Waals surface area contributed by atoms with Crippen molar-refractivity contribution in [1.82, 2.24) is 0 Å². The molecule has 0 fully saturated rings. The van der Waals surface area contributed by atoms with Gasteiger partial charge in [-0.1, -0.05) is 52.8 Å². The van der Waals surface area contributed by atoms with Crippen LogP contribution in [-0.2, 0) is 5.60 Å². The lowest BCUT2D eigenvalue weighted by molar-refractivity contribution is -0.104. The van der Waals surface area contributed by atoms with Crippen LogP contribution in [-0.4, -0.2) is 11.2 Å². The average molecular weight is 264 g/mol. The molecular weight excluding hydrogens is 236 g/mol. The van der Waals surface area contributed by atoms with Gasteiger partial charge in [0.1, 0.15) is 11.4 Å². The van der Waals surface area contributed by atoms with Crippen LogP contribution in [0.3, 0.4) is 0 Å². The summed E-state index contributed by atoms with van der Waals surface area (Å²) in [5, 5.41) is 11.3. The Morgan fingerprint density at radius 3 is 1.95 bits per heavy atom. The van der Waals surface area contributed by atoms with Crippen LogP contribution in [0.25, 0.3) is 0 Å². The number of benzene rings is 1. The quantitative estimate of drug-likeness (QED) is 0.875. The van der Waals surface area contributed by atoms with Crippen molar-refractivity contribution in [2.45, 2.75) is 60.2 Å². The maximum atomic E-state index is 11.3. The molecule has 0 aliphatic heterocycles. The molecule has 1 rings (SSSR count). The van der Waals surface area contributed by atoms with Crippen LogP contribution in [0.5, 0.6) is 5.75 Å². The minimum Gasteiger partial charge on any atom is -0.491 e. The summed E-state index contributed by atoms with van der Waals surface area (Å²) < 4.78 is 5.88. The van der Waals surface area contributed by atoms with Crippen molar-refractivity contribution < 1.29 is 9.84 Å². The van der Waals surface area contributed by atoms with Gasteiger partial charge in [0, 0.05) is 5.56 Å². The zero-order chi connectivity index (χ0) is 14.8. The lowest BCUT2D eigenvalue weighted by Gasteiger charge is -2.44. The predicted octanol–water partition coefficient (Wildman–Crippen LogP) is 4.36. The molecule has 0 radical (unpaired) electrons. The van der Waals surface area contributed by atoms with Gasteiger partial charge in [0.05, 0.1) is 6.10 Å². The fourth-order valence-corrected chi connectivity index (χ4v) is 2.72. The Morgan fingerprint density at radius 2 is 1.53 bits per heavy atom. The minimum atomic E-state index is -0.918. The maximum absolute atomic E-state index is 11.3. The number of ether oxygens (including phenoxy) is 1. The Morgan fingerprint density at radius 1 is 1.00 bits per heavy atom. The Hall–Kier alpha value is -1.02. The number of para-hydroxylation sites is 1. The van der Waals surface area contributed by atoms with Gasteiger partial charge in [-0.25, -0.2) is 0 Å². The van der Waals surface area contributed by atoms with Crippen molar-refractivity contribution in [3.8, 4) is 5.75 Å². The highest BCUT2D eigenvalue weighted by Gasteiger charge is 2.46. The molecule has 0 aromatic heterocycles. The van der Waals surface area contributed by atoms with E-state index in [1.807, 2.05) is 38.1 Å². The molecule has 0 amide bonds. The first-order chi connectivity index (χ1) is 8.60. The SMILES string of the molecule is CC(C)Oc1ccccc1[C@](O)(C(C)C)C(C)(C)C. The summed E-state index contributed by atoms with van der Waals surface area (Å²) in [6, 6.07) is 7.82. The van der Waals surface area contributed by atoms with Gasteiger partial charge in [0.25, 0.3) is 0 Å². The topological polar surface area (TPSA) is 29.5 Å². The van der Waals surface area contributed by atoms with E-state index in [2.05, 4.69) is 34.6 Å². The third-order valence-corrected chi connectivity index (χ3v) is 3.64. The summed E-state index contributed by atoms with van der Waals surface area (Å²) in [4.78, 5) is 0. The van der Waals surface area contributed by atoms with E-state index in [1.54, 1.807) is 0 Å². The lowest BCUT2D eigenvalue weighted by atomic mass is 9.66. The molecule has 1 aromatic rings. The van der Waals surface area contributed by atoms with E-state index in [0.29, 0.717) is 0 Å². The monoisotopic (exact) mass is 264 g/mol. The van der Waals surface area contributed by atoms with E-state index in [9.17, 15) is 5.11 Å². The van der Waals surface area contributed by atoms with E-state index >= 15 is 0 Å². The first-order valence-electron chi connectivity index (χ1n) is 7.09. The second-order valence-corrected chi connectivity index (χ2v) is 6.83. The molecule has 2 nitrogen and oxygen atoms in total. The van der Waals surface area contributed by atoms with E-state index in [4.69, 9.17) is 4.74 Å². The number of hydrogen-bond acceptors (Lipinski definition) is 2. The highest BCUT2D eigenvalue weighted by molar-refractivity contribution is 5.39. The van der Waals surface area contributed by atoms with Crippen LogP contribution in [0.15, 0.2) is 24.3 Å². The Labute approximate surface area is 117 Å². The zero-order valence-electron chi connectivity index (χ0n) is 13.3. The van der Waals surface area contributed by atoms with Gasteiger partial charge in [0.15, 0.2) is 0 Å². The summed E-state index contributed by atoms with van der Waals surface area (Å²) in [5.41, 5.74) is -0.304. The maximum Gasteiger partial charge on any atom is 0.125 e. The van der Waals surface area contributed by atoms with Crippen LogP contribution in [0.2, 0.25) is 0 Å². The molecule has 1 N–H and O–H groups in total. The van der Waals surface area contributed by atoms with Crippen molar-refractivity contribution in [3.05, 3.63) is 29.8 Å². The number of rotatable bonds is 4. The van der Waals surface area contributed by atoms with Gasteiger partial charge in [0.2, 0.25) is 0 Å². The third kappa shape index (κ3) is 3.11. The van der Waals surface area contributed by atoms with Gasteiger partial charge in [-0.05, 0) is 31.2 Å². The highest BCUT2D eigenvalue weighted by Crippen LogP contribution is 2.47. The predicted molar refractivity (Wildman–Crippen MR) is 80.4 cm³/mol. The van der Waals surface area contributed by atoms with Crippen molar-refractivity contribution in [1.29, 1.82) is 0 Å². The fourth-order valence-electron chi connectivity index (χ4n) is 2.72. The molecule has 0 aliphatic rings. The summed E-state index contributed by atoms with van der Waals surface area (Å²) in [5.74, 6) is 0.882. The molecule has 0 bridgehead atoms. The molecule has 2 heteroatoms. The molecule has 0 saturated heterocycles. The van der Waals surface area contributed by atoms with Crippen molar-refractivity contribution in [2.24, 2.45) is 11.3 Å². The standard InChI is InChI=1S/C17H28O2/c1-12(2)17(18,16(5,6)7)14-10-8-9-11-15(14)19-13(3)4/h8-13,18H,1-7H3/t17-/m1/s1. The molecule has 108 valence electrons. The first-order valence-corrected chi connectivity index (χ1v) is 7.09. The molecule has 1 atom stereocenters. The summed E-state index contributed by atoms with van der Waals surface area (Å²) >= 11 is 0. The molecule has 0 spiro atoms. The van der Waals surface area contributed by atoms with E-state index in [0.717, 1.165) is 11.3 Å². The van der Waals surface area contributed by atoms with Crippen LogP contribution in [0, 0.1) is 11.3 Å². The summed E-state index contributed by atoms with van der Waals surface area (Å²) in [6.07, 6.45) is 0.0949. The van der Waals surface area contributed by atoms with E-state index in [1.165, 1.54) is 0 Å². The van der Waals surface area contributed by atoms with Gasteiger partial charge in [-0.2, -0.15) is 0 Å². The Bertz CT molecular complexity index is 416. The van der Waals surface area contributed by atoms with Gasteiger partial charge >= 0.3 is 0 Å². The van der Waals surface area contributed by atoms with Gasteiger partial charge in [-0.15, -0.1) is 0 Å². The van der Waals surface area contributed by atoms with Crippen LogP contribution in [0.1, 0.15) is 54.0 Å². The third-order valence-electron chi connectivity index (χ3n) is 3.64. The number of aliphatic hydroxyl groups is 1. The molecule has 1 aromatic carbocycles. The largest absolute Gasteiger partial charge is 0.491 e. The lowest BCUT2D eigenvalue weighted by Crippen LogP contribution is -2.45. The minimum absolute atomic E-state index is 0.0949. The van der Waals surface area contributed by atoms with Crippen molar-refractivity contribution in [3.63, 3.8) is 0 Å². The van der Waals surface area contributed by atoms with Crippen molar-refractivity contribution >= 4 is 0 Å². The highest BCUT2D eigenvalue weighted by atomic mass is 16.5. The zero-order valence-corrected chi connectivity index (χ0v) is 13.3. The average Bonchev–Trinajstić information content (AvgIpc) is 2.26. The second kappa shape index (κ2) is 5.54. The molecule has 0 saturated carbocycles. The van der Waals surface area contributed by atoms with Crippen LogP contribution in [0.4, 0.5) is 0 Å². The first kappa shape index (κ1) is 16.0.